The first-order chi connectivity index (χ1) is 14.4. The van der Waals surface area contributed by atoms with Crippen molar-refractivity contribution in [3.8, 4) is 0 Å². The molecule has 0 amide bonds. The van der Waals surface area contributed by atoms with E-state index < -0.39 is 23.0 Å². The molecule has 1 N–H and O–H groups in total. The van der Waals surface area contributed by atoms with Gasteiger partial charge in [-0.25, -0.2) is 4.79 Å². The van der Waals surface area contributed by atoms with Gasteiger partial charge in [0.05, 0.1) is 6.61 Å². The van der Waals surface area contributed by atoms with Crippen molar-refractivity contribution in [1.82, 2.24) is 0 Å². The van der Waals surface area contributed by atoms with Crippen molar-refractivity contribution in [2.75, 3.05) is 6.61 Å². The summed E-state index contributed by atoms with van der Waals surface area (Å²) in [6.07, 6.45) is 2.74. The van der Waals surface area contributed by atoms with Gasteiger partial charge in [-0.15, -0.1) is 0 Å². The first-order valence-electron chi connectivity index (χ1n) is 10.1. The molecule has 6 heteroatoms. The van der Waals surface area contributed by atoms with Crippen molar-refractivity contribution in [1.29, 1.82) is 0 Å². The van der Waals surface area contributed by atoms with Crippen LogP contribution in [-0.2, 0) is 19.1 Å². The Morgan fingerprint density at radius 3 is 2.32 bits per heavy atom. The lowest BCUT2D eigenvalue weighted by Gasteiger charge is -2.27. The van der Waals surface area contributed by atoms with E-state index in [9.17, 15) is 24.3 Å². The molecule has 0 spiro atoms. The third-order valence-electron chi connectivity index (χ3n) is 5.16. The van der Waals surface area contributed by atoms with Gasteiger partial charge in [0.1, 0.15) is 5.76 Å². The van der Waals surface area contributed by atoms with Gasteiger partial charge in [0, 0.05) is 27.7 Å². The molecule has 0 fully saturated rings. The highest BCUT2D eigenvalue weighted by Crippen LogP contribution is 2.35. The molecule has 0 aliphatic heterocycles. The molecule has 0 saturated heterocycles. The van der Waals surface area contributed by atoms with Crippen LogP contribution < -0.4 is 0 Å². The van der Waals surface area contributed by atoms with Crippen LogP contribution in [0.3, 0.4) is 0 Å². The van der Waals surface area contributed by atoms with Gasteiger partial charge in [-0.2, -0.15) is 0 Å². The SMILES string of the molecule is C=C(CCC=C(C)C(=O)OCC(C)(C)CC1=C(O)c2ccccc2C(=O)C1=O)C(C)=O. The Bertz CT molecular complexity index is 1010. The van der Waals surface area contributed by atoms with Crippen molar-refractivity contribution >= 4 is 29.1 Å². The predicted octanol–water partition coefficient (Wildman–Crippen LogP) is 4.55. The molecule has 164 valence electrons. The van der Waals surface area contributed by atoms with Crippen molar-refractivity contribution < 1.29 is 29.0 Å². The normalized spacial score (nSPS) is 14.4. The highest BCUT2D eigenvalue weighted by atomic mass is 16.5. The number of benzene rings is 1. The zero-order chi connectivity index (χ0) is 23.3. The topological polar surface area (TPSA) is 97.7 Å². The van der Waals surface area contributed by atoms with Crippen molar-refractivity contribution in [3.05, 3.63) is 64.8 Å². The second kappa shape index (κ2) is 9.69. The Labute approximate surface area is 182 Å². The lowest BCUT2D eigenvalue weighted by molar-refractivity contribution is -0.142. The Morgan fingerprint density at radius 1 is 1.10 bits per heavy atom. The lowest BCUT2D eigenvalue weighted by atomic mass is 9.79. The van der Waals surface area contributed by atoms with E-state index in [0.29, 0.717) is 29.6 Å². The third-order valence-corrected chi connectivity index (χ3v) is 5.16. The number of aliphatic hydroxyl groups excluding tert-OH is 1. The van der Waals surface area contributed by atoms with Crippen LogP contribution >= 0.6 is 0 Å². The Hall–Kier alpha value is -3.28. The minimum atomic E-state index is -0.739. The van der Waals surface area contributed by atoms with Gasteiger partial charge in [0.2, 0.25) is 11.6 Å². The fraction of sp³-hybridized carbons (Fsp3) is 0.360. The summed E-state index contributed by atoms with van der Waals surface area (Å²) in [6.45, 7) is 10.3. The van der Waals surface area contributed by atoms with Crippen LogP contribution in [-0.4, -0.2) is 35.0 Å². The Kier molecular flexibility index (Phi) is 7.50. The number of hydrogen-bond acceptors (Lipinski definition) is 6. The number of fused-ring (bicyclic) bond motifs is 1. The number of ketones is 3. The average Bonchev–Trinajstić information content (AvgIpc) is 2.73. The van der Waals surface area contributed by atoms with E-state index in [0.717, 1.165) is 0 Å². The van der Waals surface area contributed by atoms with Crippen LogP contribution in [0.25, 0.3) is 5.76 Å². The quantitative estimate of drug-likeness (QED) is 0.355. The molecule has 0 atom stereocenters. The molecule has 0 heterocycles. The van der Waals surface area contributed by atoms with E-state index >= 15 is 0 Å². The second-order valence-electron chi connectivity index (χ2n) is 8.53. The van der Waals surface area contributed by atoms with E-state index in [2.05, 4.69) is 6.58 Å². The number of ether oxygens (including phenoxy) is 1. The summed E-state index contributed by atoms with van der Waals surface area (Å²) in [5.41, 5.74) is 0.767. The van der Waals surface area contributed by atoms with E-state index in [4.69, 9.17) is 4.74 Å². The number of carbonyl (C=O) groups excluding carboxylic acids is 4. The standard InChI is InChI=1S/C25H28O6/c1-15(17(3)26)9-8-10-16(2)24(30)31-14-25(4,5)13-20-21(27)18-11-6-7-12-19(18)22(28)23(20)29/h6-7,10-12,27H,1,8-9,13-14H2,2-5H3. The molecule has 2 rings (SSSR count). The maximum atomic E-state index is 12.5. The maximum absolute atomic E-state index is 12.5. The van der Waals surface area contributed by atoms with Gasteiger partial charge in [-0.1, -0.05) is 50.8 Å². The molecule has 0 saturated carbocycles. The molecule has 1 aromatic carbocycles. The second-order valence-corrected chi connectivity index (χ2v) is 8.53. The molecule has 6 nitrogen and oxygen atoms in total. The van der Waals surface area contributed by atoms with Crippen molar-refractivity contribution in [3.63, 3.8) is 0 Å². The summed E-state index contributed by atoms with van der Waals surface area (Å²) in [4.78, 5) is 48.4. The van der Waals surface area contributed by atoms with Gasteiger partial charge in [-0.05, 0) is 38.7 Å². The van der Waals surface area contributed by atoms with E-state index in [-0.39, 0.29) is 35.7 Å². The number of carbonyl (C=O) groups is 4. The number of rotatable bonds is 9. The van der Waals surface area contributed by atoms with Crippen LogP contribution in [0.2, 0.25) is 0 Å². The van der Waals surface area contributed by atoms with Gasteiger partial charge in [0.15, 0.2) is 5.78 Å². The molecule has 31 heavy (non-hydrogen) atoms. The smallest absolute Gasteiger partial charge is 0.333 e. The van der Waals surface area contributed by atoms with Gasteiger partial charge < -0.3 is 9.84 Å². The highest BCUT2D eigenvalue weighted by molar-refractivity contribution is 6.52. The summed E-state index contributed by atoms with van der Waals surface area (Å²) < 4.78 is 5.38. The van der Waals surface area contributed by atoms with Crippen LogP contribution in [0, 0.1) is 5.41 Å². The zero-order valence-corrected chi connectivity index (χ0v) is 18.4. The fourth-order valence-electron chi connectivity index (χ4n) is 3.21. The molecule has 0 bridgehead atoms. The van der Waals surface area contributed by atoms with E-state index in [1.54, 1.807) is 45.0 Å². The number of allylic oxidation sites excluding steroid dienone is 3. The summed E-state index contributed by atoms with van der Waals surface area (Å²) in [5, 5.41) is 10.6. The number of esters is 1. The van der Waals surface area contributed by atoms with E-state index in [1.165, 1.54) is 13.0 Å². The first kappa shape index (κ1) is 24.0. The molecular weight excluding hydrogens is 396 g/mol. The minimum absolute atomic E-state index is 0.00291. The molecule has 0 radical (unpaired) electrons. The molecule has 1 aliphatic carbocycles. The van der Waals surface area contributed by atoms with Crippen LogP contribution in [0.4, 0.5) is 0 Å². The summed E-state index contributed by atoms with van der Waals surface area (Å²) >= 11 is 0. The first-order valence-corrected chi connectivity index (χ1v) is 10.1. The zero-order valence-electron chi connectivity index (χ0n) is 18.4. The fourth-order valence-corrected chi connectivity index (χ4v) is 3.21. The molecule has 1 aliphatic rings. The van der Waals surface area contributed by atoms with Crippen LogP contribution in [0.1, 0.15) is 62.9 Å². The maximum Gasteiger partial charge on any atom is 0.333 e. The third kappa shape index (κ3) is 5.87. The molecular formula is C25H28O6. The Balaban J connectivity index is 2.04. The van der Waals surface area contributed by atoms with Gasteiger partial charge >= 0.3 is 5.97 Å². The largest absolute Gasteiger partial charge is 0.507 e. The van der Waals surface area contributed by atoms with Crippen LogP contribution in [0.5, 0.6) is 0 Å². The minimum Gasteiger partial charge on any atom is -0.507 e. The molecule has 0 aromatic heterocycles. The van der Waals surface area contributed by atoms with Crippen molar-refractivity contribution in [2.45, 2.75) is 47.0 Å². The Morgan fingerprint density at radius 2 is 1.71 bits per heavy atom. The number of hydrogen-bond donors (Lipinski definition) is 1. The van der Waals surface area contributed by atoms with Crippen LogP contribution in [0.15, 0.2) is 53.6 Å². The number of Topliss-reactive ketones (excluding diaryl/α,β-unsaturated/α-hetero) is 3. The summed E-state index contributed by atoms with van der Waals surface area (Å²) in [6, 6.07) is 6.42. The highest BCUT2D eigenvalue weighted by Gasteiger charge is 2.36. The summed E-state index contributed by atoms with van der Waals surface area (Å²) in [5.74, 6) is -2.18. The average molecular weight is 424 g/mol. The lowest BCUT2D eigenvalue weighted by Crippen LogP contribution is -2.30. The predicted molar refractivity (Wildman–Crippen MR) is 117 cm³/mol. The van der Waals surface area contributed by atoms with Gasteiger partial charge in [-0.3, -0.25) is 14.4 Å². The molecule has 1 aromatic rings. The molecule has 0 unspecified atom stereocenters. The van der Waals surface area contributed by atoms with Crippen molar-refractivity contribution in [2.24, 2.45) is 5.41 Å². The monoisotopic (exact) mass is 424 g/mol. The summed E-state index contributed by atoms with van der Waals surface area (Å²) in [7, 11) is 0. The van der Waals surface area contributed by atoms with E-state index in [1.807, 2.05) is 0 Å². The van der Waals surface area contributed by atoms with Gasteiger partial charge in [0.25, 0.3) is 0 Å². The number of aliphatic hydroxyl groups is 1.